The Hall–Kier alpha value is -2.31. The summed E-state index contributed by atoms with van der Waals surface area (Å²) in [5, 5.41) is 10.3. The molecule has 0 amide bonds. The number of aromatic amines is 1. The van der Waals surface area contributed by atoms with E-state index in [1.165, 1.54) is 0 Å². The van der Waals surface area contributed by atoms with Crippen molar-refractivity contribution in [3.63, 3.8) is 0 Å². The maximum Gasteiger partial charge on any atom is 0.193 e. The van der Waals surface area contributed by atoms with Crippen molar-refractivity contribution in [2.45, 2.75) is 25.2 Å². The normalized spacial score (nSPS) is 17.0. The molecule has 118 valence electrons. The molecule has 0 aromatic carbocycles. The Labute approximate surface area is 129 Å². The molecule has 1 saturated heterocycles. The minimum absolute atomic E-state index is 0.472. The number of hydrogen-bond donors (Lipinski definition) is 2. The van der Waals surface area contributed by atoms with Crippen LogP contribution in [0.3, 0.4) is 0 Å². The average Bonchev–Trinajstić information content (AvgIpc) is 3.25. The molecule has 0 radical (unpaired) electrons. The zero-order valence-corrected chi connectivity index (χ0v) is 12.8. The van der Waals surface area contributed by atoms with Gasteiger partial charge in [-0.1, -0.05) is 0 Å². The number of nitrogens with one attached hydrogen (secondary N) is 2. The summed E-state index contributed by atoms with van der Waals surface area (Å²) in [5.41, 5.74) is 0. The van der Waals surface area contributed by atoms with Gasteiger partial charge < -0.3 is 14.6 Å². The molecule has 2 N–H and O–H groups in total. The maximum atomic E-state index is 5.34. The third kappa shape index (κ3) is 3.47. The van der Waals surface area contributed by atoms with Crippen molar-refractivity contribution in [2.75, 3.05) is 26.7 Å². The molecular formula is C15H22N6O. The van der Waals surface area contributed by atoms with E-state index in [0.717, 1.165) is 56.4 Å². The second kappa shape index (κ2) is 7.11. The Bertz CT molecular complexity index is 569. The third-order valence-electron chi connectivity index (χ3n) is 4.06. The van der Waals surface area contributed by atoms with Gasteiger partial charge in [0.1, 0.15) is 17.9 Å². The van der Waals surface area contributed by atoms with Gasteiger partial charge in [0.05, 0.1) is 6.26 Å². The minimum Gasteiger partial charge on any atom is -0.469 e. The predicted octanol–water partition coefficient (Wildman–Crippen LogP) is 1.40. The number of H-pyrrole nitrogens is 1. The van der Waals surface area contributed by atoms with Crippen molar-refractivity contribution in [3.8, 4) is 0 Å². The van der Waals surface area contributed by atoms with Crippen molar-refractivity contribution in [3.05, 3.63) is 36.3 Å². The Balaban J connectivity index is 1.46. The Morgan fingerprint density at radius 2 is 2.36 bits per heavy atom. The number of aromatic nitrogens is 3. The molecule has 7 heteroatoms. The van der Waals surface area contributed by atoms with E-state index in [2.05, 4.69) is 30.4 Å². The first-order chi connectivity index (χ1) is 10.9. The number of furan rings is 1. The van der Waals surface area contributed by atoms with Crippen LogP contribution in [0, 0.1) is 0 Å². The third-order valence-corrected chi connectivity index (χ3v) is 4.06. The number of hydrogen-bond acceptors (Lipinski definition) is 4. The van der Waals surface area contributed by atoms with Crippen LogP contribution in [-0.4, -0.2) is 52.7 Å². The summed E-state index contributed by atoms with van der Waals surface area (Å²) >= 11 is 0. The standard InChI is InChI=1S/C15H22N6O/c1-16-15(17-7-4-13-3-2-10-22-13)21-8-5-12(6-9-21)14-18-11-19-20-14/h2-3,10-12H,4-9H2,1H3,(H,16,17)(H,18,19,20). The summed E-state index contributed by atoms with van der Waals surface area (Å²) in [7, 11) is 1.83. The predicted molar refractivity (Wildman–Crippen MR) is 83.7 cm³/mol. The van der Waals surface area contributed by atoms with Crippen LogP contribution < -0.4 is 5.32 Å². The van der Waals surface area contributed by atoms with E-state index >= 15 is 0 Å². The zero-order chi connectivity index (χ0) is 15.2. The van der Waals surface area contributed by atoms with Crippen LogP contribution in [0.15, 0.2) is 34.1 Å². The summed E-state index contributed by atoms with van der Waals surface area (Å²) in [5.74, 6) is 3.43. The Morgan fingerprint density at radius 3 is 3.00 bits per heavy atom. The quantitative estimate of drug-likeness (QED) is 0.659. The van der Waals surface area contributed by atoms with Crippen LogP contribution in [0.25, 0.3) is 0 Å². The van der Waals surface area contributed by atoms with Crippen LogP contribution in [0.1, 0.15) is 30.3 Å². The fourth-order valence-electron chi connectivity index (χ4n) is 2.86. The number of rotatable bonds is 4. The highest BCUT2D eigenvalue weighted by Gasteiger charge is 2.24. The number of aliphatic imine (C=N–C) groups is 1. The van der Waals surface area contributed by atoms with Gasteiger partial charge >= 0.3 is 0 Å². The van der Waals surface area contributed by atoms with Crippen molar-refractivity contribution in [1.82, 2.24) is 25.4 Å². The van der Waals surface area contributed by atoms with E-state index in [-0.39, 0.29) is 0 Å². The highest BCUT2D eigenvalue weighted by atomic mass is 16.3. The molecule has 2 aromatic rings. The lowest BCUT2D eigenvalue weighted by atomic mass is 9.96. The molecule has 1 fully saturated rings. The second-order valence-electron chi connectivity index (χ2n) is 5.44. The maximum absolute atomic E-state index is 5.34. The van der Waals surface area contributed by atoms with Gasteiger partial charge in [-0.25, -0.2) is 4.98 Å². The molecule has 0 bridgehead atoms. The number of likely N-dealkylation sites (tertiary alicyclic amines) is 1. The van der Waals surface area contributed by atoms with Gasteiger partial charge in [-0.15, -0.1) is 0 Å². The topological polar surface area (TPSA) is 82.3 Å². The fraction of sp³-hybridized carbons (Fsp3) is 0.533. The first kappa shape index (κ1) is 14.6. The minimum atomic E-state index is 0.472. The van der Waals surface area contributed by atoms with Crippen LogP contribution in [-0.2, 0) is 6.42 Å². The second-order valence-corrected chi connectivity index (χ2v) is 5.44. The summed E-state index contributed by atoms with van der Waals surface area (Å²) < 4.78 is 5.34. The molecule has 0 atom stereocenters. The Morgan fingerprint density at radius 1 is 1.50 bits per heavy atom. The monoisotopic (exact) mass is 302 g/mol. The van der Waals surface area contributed by atoms with Crippen molar-refractivity contribution in [1.29, 1.82) is 0 Å². The fourth-order valence-corrected chi connectivity index (χ4v) is 2.86. The molecule has 1 aliphatic rings. The SMILES string of the molecule is CN=C(NCCc1ccco1)N1CCC(c2ncn[nH]2)CC1. The van der Waals surface area contributed by atoms with Crippen molar-refractivity contribution < 1.29 is 4.42 Å². The first-order valence-corrected chi connectivity index (χ1v) is 7.70. The molecule has 0 unspecified atom stereocenters. The average molecular weight is 302 g/mol. The summed E-state index contributed by atoms with van der Waals surface area (Å²) in [6.45, 7) is 2.78. The zero-order valence-electron chi connectivity index (χ0n) is 12.8. The summed E-state index contributed by atoms with van der Waals surface area (Å²) in [6, 6.07) is 3.91. The highest BCUT2D eigenvalue weighted by Crippen LogP contribution is 2.24. The van der Waals surface area contributed by atoms with Gasteiger partial charge in [0.2, 0.25) is 0 Å². The number of nitrogens with zero attached hydrogens (tertiary/aromatic N) is 4. The molecule has 3 rings (SSSR count). The van der Waals surface area contributed by atoms with Crippen LogP contribution in [0.4, 0.5) is 0 Å². The smallest absolute Gasteiger partial charge is 0.193 e. The summed E-state index contributed by atoms with van der Waals surface area (Å²) in [6.07, 6.45) is 6.28. The van der Waals surface area contributed by atoms with E-state index < -0.39 is 0 Å². The first-order valence-electron chi connectivity index (χ1n) is 7.70. The molecule has 22 heavy (non-hydrogen) atoms. The number of guanidine groups is 1. The van der Waals surface area contributed by atoms with E-state index in [4.69, 9.17) is 4.42 Å². The molecule has 2 aromatic heterocycles. The molecule has 1 aliphatic heterocycles. The molecule has 0 aliphatic carbocycles. The van der Waals surface area contributed by atoms with Crippen molar-refractivity contribution in [2.24, 2.45) is 4.99 Å². The lowest BCUT2D eigenvalue weighted by Crippen LogP contribution is -2.45. The Kier molecular flexibility index (Phi) is 4.72. The van der Waals surface area contributed by atoms with Gasteiger partial charge in [0.15, 0.2) is 5.96 Å². The van der Waals surface area contributed by atoms with E-state index in [1.54, 1.807) is 12.6 Å². The van der Waals surface area contributed by atoms with Gasteiger partial charge in [0.25, 0.3) is 0 Å². The van der Waals surface area contributed by atoms with E-state index in [1.807, 2.05) is 19.2 Å². The lowest BCUT2D eigenvalue weighted by molar-refractivity contribution is 0.299. The molecule has 0 spiro atoms. The van der Waals surface area contributed by atoms with Gasteiger partial charge in [-0.2, -0.15) is 5.10 Å². The molecular weight excluding hydrogens is 280 g/mol. The van der Waals surface area contributed by atoms with Gasteiger partial charge in [0, 0.05) is 39.0 Å². The molecule has 7 nitrogen and oxygen atoms in total. The molecule has 3 heterocycles. The van der Waals surface area contributed by atoms with Crippen LogP contribution in [0.5, 0.6) is 0 Å². The van der Waals surface area contributed by atoms with Gasteiger partial charge in [-0.05, 0) is 25.0 Å². The largest absolute Gasteiger partial charge is 0.469 e. The summed E-state index contributed by atoms with van der Waals surface area (Å²) in [4.78, 5) is 11.0. The van der Waals surface area contributed by atoms with Crippen LogP contribution >= 0.6 is 0 Å². The molecule has 0 saturated carbocycles. The van der Waals surface area contributed by atoms with E-state index in [9.17, 15) is 0 Å². The van der Waals surface area contributed by atoms with Gasteiger partial charge in [-0.3, -0.25) is 10.1 Å². The number of piperidine rings is 1. The lowest BCUT2D eigenvalue weighted by Gasteiger charge is -2.33. The van der Waals surface area contributed by atoms with Crippen molar-refractivity contribution >= 4 is 5.96 Å². The van der Waals surface area contributed by atoms with Crippen LogP contribution in [0.2, 0.25) is 0 Å². The van der Waals surface area contributed by atoms with E-state index in [0.29, 0.717) is 5.92 Å². The highest BCUT2D eigenvalue weighted by molar-refractivity contribution is 5.79.